The van der Waals surface area contributed by atoms with E-state index in [1.165, 1.54) is 6.92 Å². The molecule has 0 bridgehead atoms. The van der Waals surface area contributed by atoms with Crippen molar-refractivity contribution in [1.82, 2.24) is 0 Å². The van der Waals surface area contributed by atoms with Crippen LogP contribution in [-0.2, 0) is 14.3 Å². The van der Waals surface area contributed by atoms with E-state index in [1.807, 2.05) is 19.1 Å². The molecule has 0 saturated carbocycles. The van der Waals surface area contributed by atoms with Gasteiger partial charge in [-0.05, 0) is 37.5 Å². The lowest BCUT2D eigenvalue weighted by molar-refractivity contribution is -0.143. The third-order valence-corrected chi connectivity index (χ3v) is 3.28. The molecule has 0 saturated heterocycles. The van der Waals surface area contributed by atoms with Crippen LogP contribution >= 0.6 is 0 Å². The van der Waals surface area contributed by atoms with Gasteiger partial charge in [0.1, 0.15) is 6.10 Å². The van der Waals surface area contributed by atoms with E-state index in [0.717, 1.165) is 18.4 Å². The molecule has 0 fully saturated rings. The number of esters is 1. The summed E-state index contributed by atoms with van der Waals surface area (Å²) in [7, 11) is 0. The Morgan fingerprint density at radius 1 is 1.41 bits per heavy atom. The first kappa shape index (κ1) is 11.8. The maximum absolute atomic E-state index is 11.1. The third kappa shape index (κ3) is 2.54. The maximum Gasteiger partial charge on any atom is 0.303 e. The van der Waals surface area contributed by atoms with Gasteiger partial charge in [-0.2, -0.15) is 0 Å². The normalized spacial score (nSPS) is 22.7. The molecule has 3 nitrogen and oxygen atoms in total. The first-order chi connectivity index (χ1) is 8.01. The minimum Gasteiger partial charge on any atom is -0.458 e. The summed E-state index contributed by atoms with van der Waals surface area (Å²) in [6.07, 6.45) is 10.9. The number of hydrogen-bond acceptors (Lipinski definition) is 3. The lowest BCUT2D eigenvalue weighted by Gasteiger charge is -2.20. The fourth-order valence-corrected chi connectivity index (χ4v) is 2.34. The molecule has 0 aromatic heterocycles. The van der Waals surface area contributed by atoms with Crippen LogP contribution in [0.15, 0.2) is 36.0 Å². The van der Waals surface area contributed by atoms with Crippen molar-refractivity contribution in [3.63, 3.8) is 0 Å². The first-order valence-corrected chi connectivity index (χ1v) is 5.82. The zero-order valence-electron chi connectivity index (χ0n) is 10.1. The molecule has 0 radical (unpaired) electrons. The molecule has 2 rings (SSSR count). The summed E-state index contributed by atoms with van der Waals surface area (Å²) >= 11 is 0. The Balaban J connectivity index is 2.13. The van der Waals surface area contributed by atoms with E-state index in [2.05, 4.69) is 6.08 Å². The van der Waals surface area contributed by atoms with E-state index in [-0.39, 0.29) is 23.3 Å². The van der Waals surface area contributed by atoms with Gasteiger partial charge in [0, 0.05) is 12.3 Å². The van der Waals surface area contributed by atoms with Crippen molar-refractivity contribution in [2.45, 2.75) is 32.8 Å². The van der Waals surface area contributed by atoms with Crippen molar-refractivity contribution in [1.29, 1.82) is 0 Å². The van der Waals surface area contributed by atoms with Gasteiger partial charge in [0.25, 0.3) is 0 Å². The van der Waals surface area contributed by atoms with Crippen LogP contribution in [0.2, 0.25) is 0 Å². The molecule has 17 heavy (non-hydrogen) atoms. The molecule has 2 aliphatic carbocycles. The fourth-order valence-electron chi connectivity index (χ4n) is 2.34. The summed E-state index contributed by atoms with van der Waals surface area (Å²) in [4.78, 5) is 22.0. The lowest BCUT2D eigenvalue weighted by atomic mass is 9.84. The zero-order chi connectivity index (χ0) is 12.5. The van der Waals surface area contributed by atoms with Gasteiger partial charge in [-0.1, -0.05) is 18.2 Å². The second-order valence-corrected chi connectivity index (χ2v) is 4.65. The van der Waals surface area contributed by atoms with Gasteiger partial charge in [0.2, 0.25) is 0 Å². The number of carbonyl (C=O) groups excluding carboxylic acids is 2. The van der Waals surface area contributed by atoms with E-state index >= 15 is 0 Å². The summed E-state index contributed by atoms with van der Waals surface area (Å²) < 4.78 is 5.17. The SMILES string of the molecule is CC(=O)OC(C)C1=CC2(C=CC(=O)C=C2)CC1. The van der Waals surface area contributed by atoms with Gasteiger partial charge >= 0.3 is 5.97 Å². The number of ketones is 1. The second-order valence-electron chi connectivity index (χ2n) is 4.65. The fraction of sp³-hybridized carbons (Fsp3) is 0.429. The highest BCUT2D eigenvalue weighted by Gasteiger charge is 2.32. The molecule has 1 unspecified atom stereocenters. The van der Waals surface area contributed by atoms with Crippen LogP contribution in [-0.4, -0.2) is 17.9 Å². The minimum atomic E-state index is -0.260. The molecule has 0 amide bonds. The highest BCUT2D eigenvalue weighted by Crippen LogP contribution is 2.41. The van der Waals surface area contributed by atoms with Crippen molar-refractivity contribution in [3.05, 3.63) is 36.0 Å². The summed E-state index contributed by atoms with van der Waals surface area (Å²) in [6.45, 7) is 3.30. The Morgan fingerprint density at radius 3 is 2.65 bits per heavy atom. The van der Waals surface area contributed by atoms with Gasteiger partial charge < -0.3 is 4.74 Å². The van der Waals surface area contributed by atoms with Crippen LogP contribution in [0, 0.1) is 5.41 Å². The Hall–Kier alpha value is -1.64. The van der Waals surface area contributed by atoms with Gasteiger partial charge in [0.15, 0.2) is 5.78 Å². The molecule has 3 heteroatoms. The van der Waals surface area contributed by atoms with Crippen LogP contribution in [0.1, 0.15) is 26.7 Å². The Labute approximate surface area is 101 Å². The van der Waals surface area contributed by atoms with Gasteiger partial charge in [-0.3, -0.25) is 9.59 Å². The Bertz CT molecular complexity index is 424. The molecule has 0 aromatic carbocycles. The van der Waals surface area contributed by atoms with Gasteiger partial charge in [-0.25, -0.2) is 0 Å². The smallest absolute Gasteiger partial charge is 0.303 e. The van der Waals surface area contributed by atoms with E-state index in [4.69, 9.17) is 4.74 Å². The monoisotopic (exact) mass is 232 g/mol. The molecule has 1 atom stereocenters. The van der Waals surface area contributed by atoms with Crippen molar-refractivity contribution >= 4 is 11.8 Å². The summed E-state index contributed by atoms with van der Waals surface area (Å²) in [5.41, 5.74) is 0.987. The average Bonchev–Trinajstić information content (AvgIpc) is 2.67. The highest BCUT2D eigenvalue weighted by molar-refractivity contribution is 6.00. The summed E-state index contributed by atoms with van der Waals surface area (Å²) in [6, 6.07) is 0. The number of hydrogen-bond donors (Lipinski definition) is 0. The number of rotatable bonds is 2. The maximum atomic E-state index is 11.1. The van der Waals surface area contributed by atoms with E-state index in [9.17, 15) is 9.59 Å². The molecule has 2 aliphatic rings. The molecule has 0 aliphatic heterocycles. The van der Waals surface area contributed by atoms with Crippen molar-refractivity contribution in [2.75, 3.05) is 0 Å². The number of carbonyl (C=O) groups is 2. The number of allylic oxidation sites excluding steroid dienone is 5. The molecular formula is C14H16O3. The quantitative estimate of drug-likeness (QED) is 0.542. The highest BCUT2D eigenvalue weighted by atomic mass is 16.5. The van der Waals surface area contributed by atoms with Crippen molar-refractivity contribution in [3.8, 4) is 0 Å². The van der Waals surface area contributed by atoms with Gasteiger partial charge in [0.05, 0.1) is 0 Å². The molecular weight excluding hydrogens is 216 g/mol. The Morgan fingerprint density at radius 2 is 2.06 bits per heavy atom. The molecule has 1 spiro atoms. The van der Waals surface area contributed by atoms with Crippen LogP contribution in [0.3, 0.4) is 0 Å². The van der Waals surface area contributed by atoms with Gasteiger partial charge in [-0.15, -0.1) is 0 Å². The average molecular weight is 232 g/mol. The largest absolute Gasteiger partial charge is 0.458 e. The summed E-state index contributed by atoms with van der Waals surface area (Å²) in [5.74, 6) is -0.227. The van der Waals surface area contributed by atoms with Crippen molar-refractivity contribution in [2.24, 2.45) is 5.41 Å². The standard InChI is InChI=1S/C14H16O3/c1-10(17-11(2)15)12-3-6-14(9-12)7-4-13(16)5-8-14/h4-5,7-10H,3,6H2,1-2H3. The predicted molar refractivity (Wildman–Crippen MR) is 64.3 cm³/mol. The van der Waals surface area contributed by atoms with Crippen LogP contribution in [0.25, 0.3) is 0 Å². The third-order valence-electron chi connectivity index (χ3n) is 3.28. The number of ether oxygens (including phenoxy) is 1. The first-order valence-electron chi connectivity index (χ1n) is 5.82. The molecule has 0 heterocycles. The van der Waals surface area contributed by atoms with E-state index in [0.29, 0.717) is 0 Å². The molecule has 0 N–H and O–H groups in total. The van der Waals surface area contributed by atoms with E-state index < -0.39 is 0 Å². The van der Waals surface area contributed by atoms with E-state index in [1.54, 1.807) is 12.2 Å². The zero-order valence-corrected chi connectivity index (χ0v) is 10.1. The van der Waals surface area contributed by atoms with Crippen LogP contribution in [0.4, 0.5) is 0 Å². The summed E-state index contributed by atoms with van der Waals surface area (Å²) in [5, 5.41) is 0. The minimum absolute atomic E-state index is 0.0329. The van der Waals surface area contributed by atoms with Crippen LogP contribution < -0.4 is 0 Å². The Kier molecular flexibility index (Phi) is 3.01. The van der Waals surface area contributed by atoms with Crippen molar-refractivity contribution < 1.29 is 14.3 Å². The topological polar surface area (TPSA) is 43.4 Å². The lowest BCUT2D eigenvalue weighted by Crippen LogP contribution is -2.14. The van der Waals surface area contributed by atoms with Crippen LogP contribution in [0.5, 0.6) is 0 Å². The molecule has 0 aromatic rings. The predicted octanol–water partition coefficient (Wildman–Crippen LogP) is 2.34. The molecule has 90 valence electrons. The second kappa shape index (κ2) is 4.32.